The first-order valence-electron chi connectivity index (χ1n) is 5.62. The summed E-state index contributed by atoms with van der Waals surface area (Å²) < 4.78 is 14.6. The van der Waals surface area contributed by atoms with Gasteiger partial charge in [-0.25, -0.2) is 4.39 Å². The van der Waals surface area contributed by atoms with Crippen LogP contribution in [0.25, 0.3) is 0 Å². The first kappa shape index (κ1) is 14.8. The molecule has 0 heterocycles. The summed E-state index contributed by atoms with van der Waals surface area (Å²) >= 11 is 15.0. The van der Waals surface area contributed by atoms with E-state index in [1.165, 1.54) is 6.07 Å². The molecule has 0 aromatic heterocycles. The fourth-order valence-electron chi connectivity index (χ4n) is 1.86. The summed E-state index contributed by atoms with van der Waals surface area (Å²) in [7, 11) is 0. The third kappa shape index (κ3) is 3.48. The van der Waals surface area contributed by atoms with E-state index in [1.54, 1.807) is 24.3 Å². The first-order chi connectivity index (χ1) is 8.99. The highest BCUT2D eigenvalue weighted by Gasteiger charge is 2.14. The molecule has 0 radical (unpaired) electrons. The van der Waals surface area contributed by atoms with Gasteiger partial charge in [-0.05, 0) is 35.7 Å². The van der Waals surface area contributed by atoms with Gasteiger partial charge >= 0.3 is 0 Å². The van der Waals surface area contributed by atoms with Gasteiger partial charge in [0, 0.05) is 15.5 Å². The van der Waals surface area contributed by atoms with Crippen molar-refractivity contribution in [2.75, 3.05) is 0 Å². The molecule has 2 N–H and O–H groups in total. The molecule has 0 fully saturated rings. The van der Waals surface area contributed by atoms with Crippen LogP contribution in [-0.2, 0) is 6.42 Å². The third-order valence-electron chi connectivity index (χ3n) is 2.83. The summed E-state index contributed by atoms with van der Waals surface area (Å²) in [6, 6.07) is 9.94. The second-order valence-corrected chi connectivity index (χ2v) is 5.89. The van der Waals surface area contributed by atoms with Crippen LogP contribution in [-0.4, -0.2) is 0 Å². The highest BCUT2D eigenvalue weighted by Crippen LogP contribution is 2.29. The van der Waals surface area contributed by atoms with E-state index in [-0.39, 0.29) is 11.1 Å². The average Bonchev–Trinajstić information content (AvgIpc) is 2.34. The monoisotopic (exact) mass is 361 g/mol. The van der Waals surface area contributed by atoms with Crippen LogP contribution < -0.4 is 5.73 Å². The summed E-state index contributed by atoms with van der Waals surface area (Å²) in [6.07, 6.45) is 0.368. The Morgan fingerprint density at radius 3 is 2.63 bits per heavy atom. The molecule has 0 amide bonds. The number of nitrogens with two attached hydrogens (primary N) is 1. The molecule has 5 heteroatoms. The Balaban J connectivity index is 2.25. The van der Waals surface area contributed by atoms with E-state index < -0.39 is 5.82 Å². The summed E-state index contributed by atoms with van der Waals surface area (Å²) in [5, 5.41) is 0.733. The lowest BCUT2D eigenvalue weighted by atomic mass is 9.99. The lowest BCUT2D eigenvalue weighted by molar-refractivity contribution is 0.593. The molecular formula is C14H11BrCl2FN. The van der Waals surface area contributed by atoms with E-state index in [4.69, 9.17) is 28.9 Å². The van der Waals surface area contributed by atoms with Crippen molar-refractivity contribution in [2.24, 2.45) is 5.73 Å². The second kappa shape index (κ2) is 6.23. The zero-order valence-corrected chi connectivity index (χ0v) is 12.9. The van der Waals surface area contributed by atoms with E-state index in [9.17, 15) is 4.39 Å². The van der Waals surface area contributed by atoms with E-state index in [2.05, 4.69) is 15.9 Å². The molecule has 0 bridgehead atoms. The minimum absolute atomic E-state index is 0.111. The molecule has 0 saturated heterocycles. The van der Waals surface area contributed by atoms with Crippen molar-refractivity contribution in [3.05, 3.63) is 67.9 Å². The Labute approximate surface area is 129 Å². The predicted octanol–water partition coefficient (Wildman–Crippen LogP) is 5.14. The Hall–Kier alpha value is -0.610. The second-order valence-electron chi connectivity index (χ2n) is 4.19. The van der Waals surface area contributed by atoms with E-state index in [0.717, 1.165) is 10.0 Å². The number of hydrogen-bond donors (Lipinski definition) is 1. The summed E-state index contributed by atoms with van der Waals surface area (Å²) in [5.74, 6) is -0.412. The molecule has 0 saturated carbocycles. The topological polar surface area (TPSA) is 26.0 Å². The van der Waals surface area contributed by atoms with Crippen LogP contribution in [0.2, 0.25) is 10.0 Å². The average molecular weight is 363 g/mol. The largest absolute Gasteiger partial charge is 0.324 e. The normalized spacial score (nSPS) is 12.5. The van der Waals surface area contributed by atoms with Gasteiger partial charge in [-0.1, -0.05) is 57.3 Å². The molecule has 2 aromatic carbocycles. The minimum Gasteiger partial charge on any atom is -0.324 e. The van der Waals surface area contributed by atoms with Crippen LogP contribution >= 0.6 is 39.1 Å². The first-order valence-corrected chi connectivity index (χ1v) is 7.17. The highest BCUT2D eigenvalue weighted by atomic mass is 79.9. The molecular weight excluding hydrogens is 352 g/mol. The van der Waals surface area contributed by atoms with Gasteiger partial charge in [-0.15, -0.1) is 0 Å². The fourth-order valence-corrected chi connectivity index (χ4v) is 3.03. The van der Waals surface area contributed by atoms with E-state index in [1.807, 2.05) is 6.07 Å². The van der Waals surface area contributed by atoms with Gasteiger partial charge in [0.2, 0.25) is 0 Å². The quantitative estimate of drug-likeness (QED) is 0.803. The molecule has 0 aliphatic carbocycles. The Morgan fingerprint density at radius 2 is 1.95 bits per heavy atom. The molecule has 1 nitrogen and oxygen atoms in total. The highest BCUT2D eigenvalue weighted by molar-refractivity contribution is 9.10. The fraction of sp³-hybridized carbons (Fsp3) is 0.143. The molecule has 2 aromatic rings. The van der Waals surface area contributed by atoms with Crippen LogP contribution in [0.3, 0.4) is 0 Å². The van der Waals surface area contributed by atoms with Crippen molar-refractivity contribution in [2.45, 2.75) is 12.5 Å². The number of benzene rings is 2. The number of halogens is 4. The van der Waals surface area contributed by atoms with Gasteiger partial charge < -0.3 is 5.73 Å². The molecule has 1 unspecified atom stereocenters. The SMILES string of the molecule is NC(Cc1cccc(Cl)c1F)c1ccc(Cl)cc1Br. The van der Waals surface area contributed by atoms with Gasteiger partial charge in [-0.3, -0.25) is 0 Å². The predicted molar refractivity (Wildman–Crippen MR) is 81.2 cm³/mol. The van der Waals surface area contributed by atoms with Crippen LogP contribution in [0.5, 0.6) is 0 Å². The van der Waals surface area contributed by atoms with Gasteiger partial charge in [-0.2, -0.15) is 0 Å². The molecule has 0 aliphatic rings. The minimum atomic E-state index is -0.412. The third-order valence-corrected chi connectivity index (χ3v) is 4.05. The van der Waals surface area contributed by atoms with Gasteiger partial charge in [0.25, 0.3) is 0 Å². The van der Waals surface area contributed by atoms with E-state index >= 15 is 0 Å². The van der Waals surface area contributed by atoms with Gasteiger partial charge in [0.1, 0.15) is 5.82 Å². The molecule has 19 heavy (non-hydrogen) atoms. The van der Waals surface area contributed by atoms with Gasteiger partial charge in [0.15, 0.2) is 0 Å². The number of hydrogen-bond acceptors (Lipinski definition) is 1. The summed E-state index contributed by atoms with van der Waals surface area (Å²) in [4.78, 5) is 0. The van der Waals surface area contributed by atoms with Crippen LogP contribution in [0.1, 0.15) is 17.2 Å². The maximum Gasteiger partial charge on any atom is 0.145 e. The van der Waals surface area contributed by atoms with Crippen molar-refractivity contribution in [1.29, 1.82) is 0 Å². The van der Waals surface area contributed by atoms with Crippen molar-refractivity contribution >= 4 is 39.1 Å². The molecule has 0 aliphatic heterocycles. The van der Waals surface area contributed by atoms with E-state index in [0.29, 0.717) is 17.0 Å². The van der Waals surface area contributed by atoms with Crippen molar-refractivity contribution < 1.29 is 4.39 Å². The molecule has 0 spiro atoms. The maximum absolute atomic E-state index is 13.8. The van der Waals surface area contributed by atoms with Crippen molar-refractivity contribution in [3.8, 4) is 0 Å². The standard InChI is InChI=1S/C14H11BrCl2FN/c15-11-7-9(16)4-5-10(11)13(19)6-8-2-1-3-12(17)14(8)18/h1-5,7,13H,6,19H2. The Bertz CT molecular complexity index is 604. The molecule has 2 rings (SSSR count). The molecule has 1 atom stereocenters. The van der Waals surface area contributed by atoms with Crippen LogP contribution in [0, 0.1) is 5.82 Å². The van der Waals surface area contributed by atoms with Crippen LogP contribution in [0.15, 0.2) is 40.9 Å². The summed E-state index contributed by atoms with van der Waals surface area (Å²) in [5.41, 5.74) is 7.49. The number of rotatable bonds is 3. The Morgan fingerprint density at radius 1 is 1.21 bits per heavy atom. The van der Waals surface area contributed by atoms with Crippen molar-refractivity contribution in [1.82, 2.24) is 0 Å². The zero-order valence-electron chi connectivity index (χ0n) is 9.84. The summed E-state index contributed by atoms with van der Waals surface area (Å²) in [6.45, 7) is 0. The zero-order chi connectivity index (χ0) is 14.0. The lowest BCUT2D eigenvalue weighted by Crippen LogP contribution is -2.14. The Kier molecular flexibility index (Phi) is 4.85. The molecule has 100 valence electrons. The van der Waals surface area contributed by atoms with Crippen molar-refractivity contribution in [3.63, 3.8) is 0 Å². The van der Waals surface area contributed by atoms with Gasteiger partial charge in [0.05, 0.1) is 5.02 Å². The van der Waals surface area contributed by atoms with Crippen LogP contribution in [0.4, 0.5) is 4.39 Å². The lowest BCUT2D eigenvalue weighted by Gasteiger charge is -2.15. The smallest absolute Gasteiger partial charge is 0.145 e. The maximum atomic E-state index is 13.8.